The lowest BCUT2D eigenvalue weighted by atomic mass is 10.0. The highest BCUT2D eigenvalue weighted by Crippen LogP contribution is 2.26. The normalized spacial score (nSPS) is 11.4. The molecule has 2 aromatic carbocycles. The molecule has 0 aliphatic rings. The van der Waals surface area contributed by atoms with Crippen molar-refractivity contribution in [3.8, 4) is 11.1 Å². The average molecular weight is 385 g/mol. The first-order valence-corrected chi connectivity index (χ1v) is 9.11. The molecule has 0 N–H and O–H groups in total. The van der Waals surface area contributed by atoms with E-state index in [2.05, 4.69) is 15.1 Å². The van der Waals surface area contributed by atoms with Gasteiger partial charge in [0.05, 0.1) is 18.3 Å². The lowest BCUT2D eigenvalue weighted by Gasteiger charge is -2.10. The first-order chi connectivity index (χ1) is 14.1. The van der Waals surface area contributed by atoms with Crippen molar-refractivity contribution in [3.05, 3.63) is 88.9 Å². The van der Waals surface area contributed by atoms with E-state index in [1.54, 1.807) is 29.1 Å². The van der Waals surface area contributed by atoms with Crippen LogP contribution in [0.15, 0.2) is 71.9 Å². The van der Waals surface area contributed by atoms with Gasteiger partial charge >= 0.3 is 0 Å². The highest BCUT2D eigenvalue weighted by molar-refractivity contribution is 5.84. The number of aryl methyl sites for hydroxylation is 1. The fourth-order valence-corrected chi connectivity index (χ4v) is 3.50. The maximum atomic E-state index is 14.9. The standard InChI is InChI=1S/C22H16FN5O/c1-27-12-17-9-14(6-7-19(17)26-27)15-4-5-16(18(23)10-15)13-28-21(29)11-25-20-3-2-8-24-22(20)28/h2-12H,13H2,1H3. The molecule has 5 aromatic rings. The third kappa shape index (κ3) is 3.06. The number of aromatic nitrogens is 5. The van der Waals surface area contributed by atoms with Crippen LogP contribution in [-0.4, -0.2) is 24.3 Å². The SMILES string of the molecule is Cn1cc2cc(-c3ccc(Cn4c(=O)cnc5cccnc54)c(F)c3)ccc2n1. The summed E-state index contributed by atoms with van der Waals surface area (Å²) < 4.78 is 18.1. The monoisotopic (exact) mass is 385 g/mol. The number of benzene rings is 2. The van der Waals surface area contributed by atoms with Crippen molar-refractivity contribution in [2.45, 2.75) is 6.54 Å². The van der Waals surface area contributed by atoms with Gasteiger partial charge in [-0.05, 0) is 41.5 Å². The lowest BCUT2D eigenvalue weighted by molar-refractivity contribution is 0.599. The topological polar surface area (TPSA) is 65.6 Å². The Morgan fingerprint density at radius 2 is 1.83 bits per heavy atom. The summed E-state index contributed by atoms with van der Waals surface area (Å²) in [6, 6.07) is 14.4. The lowest BCUT2D eigenvalue weighted by Crippen LogP contribution is -2.22. The molecular formula is C22H16FN5O. The molecule has 0 unspecified atom stereocenters. The molecule has 29 heavy (non-hydrogen) atoms. The molecule has 0 radical (unpaired) electrons. The Hall–Kier alpha value is -3.87. The van der Waals surface area contributed by atoms with E-state index in [1.165, 1.54) is 16.8 Å². The molecule has 142 valence electrons. The van der Waals surface area contributed by atoms with E-state index in [9.17, 15) is 9.18 Å². The van der Waals surface area contributed by atoms with Crippen molar-refractivity contribution in [2.24, 2.45) is 7.05 Å². The molecule has 3 heterocycles. The molecule has 0 amide bonds. The van der Waals surface area contributed by atoms with Crippen LogP contribution in [0.3, 0.4) is 0 Å². The molecule has 7 heteroatoms. The summed E-state index contributed by atoms with van der Waals surface area (Å²) in [5, 5.41) is 5.35. The zero-order valence-electron chi connectivity index (χ0n) is 15.6. The minimum atomic E-state index is -0.374. The van der Waals surface area contributed by atoms with Gasteiger partial charge in [0.1, 0.15) is 11.3 Å². The van der Waals surface area contributed by atoms with Gasteiger partial charge in [-0.2, -0.15) is 5.10 Å². The molecule has 6 nitrogen and oxygen atoms in total. The van der Waals surface area contributed by atoms with E-state index in [-0.39, 0.29) is 17.9 Å². The van der Waals surface area contributed by atoms with Crippen molar-refractivity contribution in [1.82, 2.24) is 24.3 Å². The second kappa shape index (κ2) is 6.63. The van der Waals surface area contributed by atoms with Gasteiger partial charge in [0.2, 0.25) is 0 Å². The van der Waals surface area contributed by atoms with Crippen molar-refractivity contribution in [1.29, 1.82) is 0 Å². The maximum Gasteiger partial charge on any atom is 0.270 e. The summed E-state index contributed by atoms with van der Waals surface area (Å²) in [6.45, 7) is 0.0859. The van der Waals surface area contributed by atoms with E-state index in [4.69, 9.17) is 0 Å². The zero-order valence-corrected chi connectivity index (χ0v) is 15.6. The predicted octanol–water partition coefficient (Wildman–Crippen LogP) is 3.53. The molecule has 0 bridgehead atoms. The first-order valence-electron chi connectivity index (χ1n) is 9.11. The molecular weight excluding hydrogens is 369 g/mol. The van der Waals surface area contributed by atoms with Crippen LogP contribution in [0.2, 0.25) is 0 Å². The number of rotatable bonds is 3. The van der Waals surface area contributed by atoms with Gasteiger partial charge in [-0.3, -0.25) is 14.0 Å². The number of halogens is 1. The second-order valence-corrected chi connectivity index (χ2v) is 6.91. The van der Waals surface area contributed by atoms with Crippen LogP contribution >= 0.6 is 0 Å². The summed E-state index contributed by atoms with van der Waals surface area (Å²) in [5.41, 5.74) is 3.69. The molecule has 0 saturated carbocycles. The Kier molecular flexibility index (Phi) is 3.94. The Morgan fingerprint density at radius 1 is 1.00 bits per heavy atom. The smallest absolute Gasteiger partial charge is 0.270 e. The van der Waals surface area contributed by atoms with Crippen molar-refractivity contribution >= 4 is 22.1 Å². The Morgan fingerprint density at radius 3 is 2.69 bits per heavy atom. The average Bonchev–Trinajstić information content (AvgIpc) is 3.10. The van der Waals surface area contributed by atoms with Crippen LogP contribution in [0, 0.1) is 5.82 Å². The highest BCUT2D eigenvalue weighted by atomic mass is 19.1. The van der Waals surface area contributed by atoms with Gasteiger partial charge < -0.3 is 0 Å². The Bertz CT molecular complexity index is 1440. The minimum Gasteiger partial charge on any atom is -0.285 e. The van der Waals surface area contributed by atoms with Crippen LogP contribution in [0.25, 0.3) is 33.2 Å². The molecule has 0 aliphatic carbocycles. The second-order valence-electron chi connectivity index (χ2n) is 6.91. The van der Waals surface area contributed by atoms with E-state index >= 15 is 0 Å². The molecule has 3 aromatic heterocycles. The highest BCUT2D eigenvalue weighted by Gasteiger charge is 2.11. The van der Waals surface area contributed by atoms with Gasteiger partial charge in [0.25, 0.3) is 5.56 Å². The van der Waals surface area contributed by atoms with Crippen LogP contribution in [-0.2, 0) is 13.6 Å². The quantitative estimate of drug-likeness (QED) is 0.477. The summed E-state index contributed by atoms with van der Waals surface area (Å²) in [4.78, 5) is 20.6. The molecule has 0 saturated heterocycles. The third-order valence-electron chi connectivity index (χ3n) is 4.94. The molecule has 0 aliphatic heterocycles. The van der Waals surface area contributed by atoms with Crippen LogP contribution in [0.5, 0.6) is 0 Å². The van der Waals surface area contributed by atoms with Gasteiger partial charge in [-0.15, -0.1) is 0 Å². The van der Waals surface area contributed by atoms with Gasteiger partial charge in [-0.1, -0.05) is 18.2 Å². The van der Waals surface area contributed by atoms with Crippen LogP contribution in [0.4, 0.5) is 4.39 Å². The van der Waals surface area contributed by atoms with Crippen LogP contribution in [0.1, 0.15) is 5.56 Å². The van der Waals surface area contributed by atoms with E-state index in [0.717, 1.165) is 22.0 Å². The fourth-order valence-electron chi connectivity index (χ4n) is 3.50. The largest absolute Gasteiger partial charge is 0.285 e. The fraction of sp³-hybridized carbons (Fsp3) is 0.0909. The number of hydrogen-bond acceptors (Lipinski definition) is 4. The minimum absolute atomic E-state index is 0.0859. The van der Waals surface area contributed by atoms with Gasteiger partial charge in [-0.25, -0.2) is 14.4 Å². The molecule has 0 fully saturated rings. The van der Waals surface area contributed by atoms with E-state index < -0.39 is 0 Å². The summed E-state index contributed by atoms with van der Waals surface area (Å²) in [6.07, 6.45) is 4.75. The zero-order chi connectivity index (χ0) is 20.0. The first kappa shape index (κ1) is 17.2. The Labute approximate surface area is 164 Å². The number of fused-ring (bicyclic) bond motifs is 2. The van der Waals surface area contributed by atoms with Crippen molar-refractivity contribution < 1.29 is 4.39 Å². The predicted molar refractivity (Wildman–Crippen MR) is 109 cm³/mol. The van der Waals surface area contributed by atoms with Crippen molar-refractivity contribution in [2.75, 3.05) is 0 Å². The van der Waals surface area contributed by atoms with E-state index in [0.29, 0.717) is 16.7 Å². The summed E-state index contributed by atoms with van der Waals surface area (Å²) in [5.74, 6) is -0.374. The van der Waals surface area contributed by atoms with Gasteiger partial charge in [0.15, 0.2) is 5.65 Å². The number of pyridine rings is 1. The summed E-state index contributed by atoms with van der Waals surface area (Å²) >= 11 is 0. The van der Waals surface area contributed by atoms with Gasteiger partial charge in [0, 0.05) is 30.4 Å². The number of nitrogens with zero attached hydrogens (tertiary/aromatic N) is 5. The van der Waals surface area contributed by atoms with E-state index in [1.807, 2.05) is 37.5 Å². The Balaban J connectivity index is 1.53. The molecule has 5 rings (SSSR count). The van der Waals surface area contributed by atoms with Crippen molar-refractivity contribution in [3.63, 3.8) is 0 Å². The van der Waals surface area contributed by atoms with Crippen LogP contribution < -0.4 is 5.56 Å². The molecule has 0 atom stereocenters. The maximum absolute atomic E-state index is 14.9. The number of hydrogen-bond donors (Lipinski definition) is 0. The third-order valence-corrected chi connectivity index (χ3v) is 4.94. The summed E-state index contributed by atoms with van der Waals surface area (Å²) in [7, 11) is 1.87. The molecule has 0 spiro atoms.